The second kappa shape index (κ2) is 6.90. The molecule has 3 N–H and O–H groups in total. The van der Waals surface area contributed by atoms with Crippen molar-refractivity contribution in [2.45, 2.75) is 12.5 Å². The van der Waals surface area contributed by atoms with Crippen molar-refractivity contribution in [3.8, 4) is 10.4 Å². The molecule has 3 aromatic rings. The van der Waals surface area contributed by atoms with Gasteiger partial charge in [-0.3, -0.25) is 0 Å². The molecule has 2 aromatic heterocycles. The van der Waals surface area contributed by atoms with Gasteiger partial charge in [0.15, 0.2) is 0 Å². The molecule has 2 heterocycles. The highest BCUT2D eigenvalue weighted by atomic mass is 32.1. The SMILES string of the molecule is CC(O)(CNC(=O)Nc1ccccc1-c1cccs1)c1ccco1. The highest BCUT2D eigenvalue weighted by molar-refractivity contribution is 7.13. The van der Waals surface area contributed by atoms with E-state index in [1.807, 2.05) is 41.8 Å². The number of urea groups is 1. The number of carbonyl (C=O) groups is 1. The van der Waals surface area contributed by atoms with E-state index in [-0.39, 0.29) is 12.6 Å². The lowest BCUT2D eigenvalue weighted by Gasteiger charge is -2.21. The fourth-order valence-corrected chi connectivity index (χ4v) is 3.10. The first-order valence-corrected chi connectivity index (χ1v) is 8.38. The van der Waals surface area contributed by atoms with Crippen LogP contribution in [0.3, 0.4) is 0 Å². The first kappa shape index (κ1) is 16.3. The molecule has 0 radical (unpaired) electrons. The summed E-state index contributed by atoms with van der Waals surface area (Å²) < 4.78 is 5.20. The van der Waals surface area contributed by atoms with E-state index in [2.05, 4.69) is 10.6 Å². The zero-order valence-electron chi connectivity index (χ0n) is 13.2. The first-order valence-electron chi connectivity index (χ1n) is 7.50. The van der Waals surface area contributed by atoms with Crippen molar-refractivity contribution in [2.24, 2.45) is 0 Å². The Morgan fingerprint density at radius 3 is 2.75 bits per heavy atom. The summed E-state index contributed by atoms with van der Waals surface area (Å²) in [7, 11) is 0. The van der Waals surface area contributed by atoms with Crippen LogP contribution in [0.25, 0.3) is 10.4 Å². The number of carbonyl (C=O) groups excluding carboxylic acids is 1. The number of furan rings is 1. The van der Waals surface area contributed by atoms with Gasteiger partial charge in [0.2, 0.25) is 0 Å². The zero-order valence-corrected chi connectivity index (χ0v) is 14.0. The predicted molar refractivity (Wildman–Crippen MR) is 95.1 cm³/mol. The number of nitrogens with one attached hydrogen (secondary N) is 2. The molecule has 2 amide bonds. The van der Waals surface area contributed by atoms with Gasteiger partial charge in [-0.1, -0.05) is 24.3 Å². The summed E-state index contributed by atoms with van der Waals surface area (Å²) >= 11 is 1.61. The topological polar surface area (TPSA) is 74.5 Å². The maximum absolute atomic E-state index is 12.2. The number of para-hydroxylation sites is 1. The molecular formula is C18H18N2O3S. The third-order valence-electron chi connectivity index (χ3n) is 3.61. The summed E-state index contributed by atoms with van der Waals surface area (Å²) in [6.07, 6.45) is 1.49. The Balaban J connectivity index is 1.66. The third kappa shape index (κ3) is 3.67. The van der Waals surface area contributed by atoms with Crippen LogP contribution in [0.4, 0.5) is 10.5 Å². The van der Waals surface area contributed by atoms with Crippen LogP contribution in [0.2, 0.25) is 0 Å². The van der Waals surface area contributed by atoms with E-state index in [0.29, 0.717) is 5.76 Å². The van der Waals surface area contributed by atoms with Crippen LogP contribution < -0.4 is 10.6 Å². The quantitative estimate of drug-likeness (QED) is 0.655. The minimum atomic E-state index is -1.27. The van der Waals surface area contributed by atoms with E-state index in [1.165, 1.54) is 6.26 Å². The first-order chi connectivity index (χ1) is 11.6. The van der Waals surface area contributed by atoms with Gasteiger partial charge in [0, 0.05) is 10.4 Å². The van der Waals surface area contributed by atoms with E-state index in [1.54, 1.807) is 30.4 Å². The lowest BCUT2D eigenvalue weighted by molar-refractivity contribution is 0.0372. The third-order valence-corrected chi connectivity index (χ3v) is 4.51. The van der Waals surface area contributed by atoms with Crippen LogP contribution in [-0.2, 0) is 5.60 Å². The van der Waals surface area contributed by atoms with E-state index in [4.69, 9.17) is 4.42 Å². The van der Waals surface area contributed by atoms with Crippen LogP contribution in [0.15, 0.2) is 64.6 Å². The number of hydrogen-bond donors (Lipinski definition) is 3. The van der Waals surface area contributed by atoms with Crippen molar-refractivity contribution in [2.75, 3.05) is 11.9 Å². The number of thiophene rings is 1. The predicted octanol–water partition coefficient (Wildman–Crippen LogP) is 4.04. The molecule has 1 aromatic carbocycles. The summed E-state index contributed by atoms with van der Waals surface area (Å²) in [4.78, 5) is 13.3. The summed E-state index contributed by atoms with van der Waals surface area (Å²) in [6.45, 7) is 1.62. The number of anilines is 1. The maximum Gasteiger partial charge on any atom is 0.319 e. The minimum Gasteiger partial charge on any atom is -0.466 e. The van der Waals surface area contributed by atoms with E-state index in [0.717, 1.165) is 16.1 Å². The Kier molecular flexibility index (Phi) is 4.69. The van der Waals surface area contributed by atoms with E-state index < -0.39 is 5.60 Å². The smallest absolute Gasteiger partial charge is 0.319 e. The maximum atomic E-state index is 12.2. The van der Waals surface area contributed by atoms with Gasteiger partial charge in [-0.05, 0) is 36.6 Å². The molecule has 0 saturated heterocycles. The van der Waals surface area contributed by atoms with Crippen molar-refractivity contribution < 1.29 is 14.3 Å². The lowest BCUT2D eigenvalue weighted by Crippen LogP contribution is -2.40. The monoisotopic (exact) mass is 342 g/mol. The second-order valence-corrected chi connectivity index (χ2v) is 6.53. The highest BCUT2D eigenvalue weighted by Crippen LogP contribution is 2.31. The van der Waals surface area contributed by atoms with Crippen LogP contribution in [0.1, 0.15) is 12.7 Å². The van der Waals surface area contributed by atoms with Crippen LogP contribution in [0, 0.1) is 0 Å². The van der Waals surface area contributed by atoms with E-state index in [9.17, 15) is 9.90 Å². The molecular weight excluding hydrogens is 324 g/mol. The normalized spacial score (nSPS) is 13.2. The molecule has 0 spiro atoms. The Bertz CT molecular complexity index is 796. The average molecular weight is 342 g/mol. The average Bonchev–Trinajstić information content (AvgIpc) is 3.27. The second-order valence-electron chi connectivity index (χ2n) is 5.58. The Labute approximate surface area is 143 Å². The molecule has 24 heavy (non-hydrogen) atoms. The largest absolute Gasteiger partial charge is 0.466 e. The molecule has 0 aliphatic rings. The molecule has 0 aliphatic heterocycles. The zero-order chi connectivity index (χ0) is 17.0. The summed E-state index contributed by atoms with van der Waals surface area (Å²) in [5.41, 5.74) is 0.407. The van der Waals surface area contributed by atoms with Crippen molar-refractivity contribution in [3.05, 3.63) is 65.9 Å². The molecule has 0 aliphatic carbocycles. The molecule has 0 saturated carbocycles. The molecule has 1 atom stereocenters. The van der Waals surface area contributed by atoms with Gasteiger partial charge >= 0.3 is 6.03 Å². The molecule has 0 bridgehead atoms. The molecule has 0 fully saturated rings. The van der Waals surface area contributed by atoms with Gasteiger partial charge in [-0.2, -0.15) is 0 Å². The Hall–Kier alpha value is -2.57. The van der Waals surface area contributed by atoms with Crippen LogP contribution in [0.5, 0.6) is 0 Å². The number of aliphatic hydroxyl groups is 1. The lowest BCUT2D eigenvalue weighted by atomic mass is 10.0. The number of hydrogen-bond acceptors (Lipinski definition) is 4. The van der Waals surface area contributed by atoms with Gasteiger partial charge < -0.3 is 20.2 Å². The minimum absolute atomic E-state index is 0.0352. The van der Waals surface area contributed by atoms with Crippen molar-refractivity contribution in [1.29, 1.82) is 0 Å². The number of benzene rings is 1. The fourth-order valence-electron chi connectivity index (χ4n) is 2.33. The van der Waals surface area contributed by atoms with Gasteiger partial charge in [0.1, 0.15) is 11.4 Å². The number of rotatable bonds is 5. The van der Waals surface area contributed by atoms with Crippen molar-refractivity contribution in [3.63, 3.8) is 0 Å². The van der Waals surface area contributed by atoms with E-state index >= 15 is 0 Å². The van der Waals surface area contributed by atoms with Gasteiger partial charge in [-0.25, -0.2) is 4.79 Å². The Morgan fingerprint density at radius 1 is 1.21 bits per heavy atom. The van der Waals surface area contributed by atoms with Gasteiger partial charge in [-0.15, -0.1) is 11.3 Å². The van der Waals surface area contributed by atoms with Gasteiger partial charge in [0.05, 0.1) is 18.5 Å². The molecule has 124 valence electrons. The fraction of sp³-hybridized carbons (Fsp3) is 0.167. The van der Waals surface area contributed by atoms with Crippen molar-refractivity contribution >= 4 is 23.1 Å². The summed E-state index contributed by atoms with van der Waals surface area (Å²) in [6, 6.07) is 14.6. The van der Waals surface area contributed by atoms with Crippen LogP contribution in [-0.4, -0.2) is 17.7 Å². The molecule has 5 nitrogen and oxygen atoms in total. The number of amides is 2. The molecule has 1 unspecified atom stereocenters. The Morgan fingerprint density at radius 2 is 2.04 bits per heavy atom. The summed E-state index contributed by atoms with van der Waals surface area (Å²) in [5, 5.41) is 17.9. The standard InChI is InChI=1S/C18H18N2O3S/c1-18(22,16-9-4-10-23-16)12-19-17(21)20-14-7-3-2-6-13(14)15-8-5-11-24-15/h2-11,22H,12H2,1H3,(H2,19,20,21). The summed E-state index contributed by atoms with van der Waals surface area (Å²) in [5.74, 6) is 0.404. The molecule has 3 rings (SSSR count). The van der Waals surface area contributed by atoms with Crippen molar-refractivity contribution in [1.82, 2.24) is 5.32 Å². The van der Waals surface area contributed by atoms with Crippen LogP contribution >= 0.6 is 11.3 Å². The van der Waals surface area contributed by atoms with Gasteiger partial charge in [0.25, 0.3) is 0 Å². The molecule has 6 heteroatoms. The highest BCUT2D eigenvalue weighted by Gasteiger charge is 2.26.